The Balaban J connectivity index is 2.03. The Morgan fingerprint density at radius 1 is 0.900 bits per heavy atom. The van der Waals surface area contributed by atoms with E-state index >= 15 is 0 Å². The normalized spacial score (nSPS) is 14.1. The summed E-state index contributed by atoms with van der Waals surface area (Å²) in [7, 11) is 0. The van der Waals surface area contributed by atoms with E-state index in [1.807, 2.05) is 18.3 Å². The largest absolute Gasteiger partial charge is 0.261 e. The highest BCUT2D eigenvalue weighted by atomic mass is 79.9. The Kier molecular flexibility index (Phi) is 3.83. The number of rotatable bonds is 3. The molecule has 2 aromatic carbocycles. The van der Waals surface area contributed by atoms with Crippen LogP contribution in [0.2, 0.25) is 0 Å². The molecular weight excluding hydrogens is 310 g/mol. The lowest BCUT2D eigenvalue weighted by Crippen LogP contribution is -2.04. The van der Waals surface area contributed by atoms with Crippen molar-refractivity contribution < 1.29 is 0 Å². The second-order valence-electron chi connectivity index (χ2n) is 5.01. The molecule has 0 saturated heterocycles. The fraction of sp³-hybridized carbons (Fsp3) is 0.167. The van der Waals surface area contributed by atoms with Gasteiger partial charge in [0.15, 0.2) is 0 Å². The molecule has 0 radical (unpaired) electrons. The first-order valence-electron chi connectivity index (χ1n) is 6.80. The fourth-order valence-electron chi connectivity index (χ4n) is 2.56. The number of nitrogens with zero attached hydrogens (tertiary/aromatic N) is 1. The van der Waals surface area contributed by atoms with Gasteiger partial charge in [0.05, 0.1) is 0 Å². The molecule has 0 spiro atoms. The molecule has 3 rings (SSSR count). The lowest BCUT2D eigenvalue weighted by molar-refractivity contribution is 0.728. The minimum absolute atomic E-state index is 0.253. The second kappa shape index (κ2) is 5.76. The van der Waals surface area contributed by atoms with Crippen LogP contribution < -0.4 is 0 Å². The molecule has 100 valence electrons. The lowest BCUT2D eigenvalue weighted by atomic mass is 9.93. The molecule has 2 heteroatoms. The zero-order chi connectivity index (χ0) is 13.9. The smallest absolute Gasteiger partial charge is 0.0482 e. The maximum Gasteiger partial charge on any atom is 0.0482 e. The minimum Gasteiger partial charge on any atom is -0.261 e. The van der Waals surface area contributed by atoms with E-state index in [2.05, 4.69) is 76.4 Å². The first-order valence-corrected chi connectivity index (χ1v) is 7.71. The van der Waals surface area contributed by atoms with Crippen molar-refractivity contribution in [3.05, 3.63) is 78.1 Å². The number of pyridine rings is 1. The first-order chi connectivity index (χ1) is 9.77. The van der Waals surface area contributed by atoms with Crippen LogP contribution in [0.25, 0.3) is 10.8 Å². The van der Waals surface area contributed by atoms with Crippen LogP contribution in [0.15, 0.2) is 66.9 Å². The molecule has 0 fully saturated rings. The Morgan fingerprint density at radius 2 is 1.65 bits per heavy atom. The molecule has 0 amide bonds. The monoisotopic (exact) mass is 325 g/mol. The Morgan fingerprint density at radius 3 is 2.45 bits per heavy atom. The highest BCUT2D eigenvalue weighted by Gasteiger charge is 2.20. The first kappa shape index (κ1) is 13.3. The van der Waals surface area contributed by atoms with Gasteiger partial charge in [-0.2, -0.15) is 0 Å². The van der Waals surface area contributed by atoms with Crippen LogP contribution in [0, 0.1) is 0 Å². The van der Waals surface area contributed by atoms with E-state index in [9.17, 15) is 0 Å². The van der Waals surface area contributed by atoms with Gasteiger partial charge in [0.25, 0.3) is 0 Å². The molecule has 0 aliphatic rings. The molecule has 0 aliphatic heterocycles. The van der Waals surface area contributed by atoms with Crippen LogP contribution >= 0.6 is 15.9 Å². The van der Waals surface area contributed by atoms with Gasteiger partial charge < -0.3 is 0 Å². The van der Waals surface area contributed by atoms with E-state index in [1.165, 1.54) is 16.3 Å². The van der Waals surface area contributed by atoms with Gasteiger partial charge >= 0.3 is 0 Å². The summed E-state index contributed by atoms with van der Waals surface area (Å²) in [5.41, 5.74) is 2.43. The van der Waals surface area contributed by atoms with Gasteiger partial charge in [-0.25, -0.2) is 0 Å². The number of aromatic nitrogens is 1. The molecule has 2 unspecified atom stereocenters. The topological polar surface area (TPSA) is 12.9 Å². The van der Waals surface area contributed by atoms with E-state index in [4.69, 9.17) is 0 Å². The van der Waals surface area contributed by atoms with Crippen LogP contribution in [0.5, 0.6) is 0 Å². The third-order valence-corrected chi connectivity index (χ3v) is 5.00. The second-order valence-corrected chi connectivity index (χ2v) is 6.00. The average Bonchev–Trinajstić information content (AvgIpc) is 2.54. The zero-order valence-corrected chi connectivity index (χ0v) is 12.9. The van der Waals surface area contributed by atoms with Gasteiger partial charge in [-0.15, -0.1) is 0 Å². The summed E-state index contributed by atoms with van der Waals surface area (Å²) in [6, 6.07) is 21.1. The van der Waals surface area contributed by atoms with E-state index in [-0.39, 0.29) is 4.83 Å². The zero-order valence-electron chi connectivity index (χ0n) is 11.3. The predicted molar refractivity (Wildman–Crippen MR) is 88.3 cm³/mol. The highest BCUT2D eigenvalue weighted by Crippen LogP contribution is 2.39. The number of hydrogen-bond donors (Lipinski definition) is 0. The maximum absolute atomic E-state index is 4.48. The molecule has 20 heavy (non-hydrogen) atoms. The third kappa shape index (κ3) is 2.48. The van der Waals surface area contributed by atoms with Crippen molar-refractivity contribution in [3.63, 3.8) is 0 Å². The fourth-order valence-corrected chi connectivity index (χ4v) is 3.23. The molecule has 0 N–H and O–H groups in total. The van der Waals surface area contributed by atoms with Gasteiger partial charge in [-0.1, -0.05) is 71.4 Å². The number of benzene rings is 2. The molecule has 1 nitrogen and oxygen atoms in total. The van der Waals surface area contributed by atoms with E-state index in [0.717, 1.165) is 5.69 Å². The van der Waals surface area contributed by atoms with Crippen molar-refractivity contribution in [2.75, 3.05) is 0 Å². The van der Waals surface area contributed by atoms with Crippen molar-refractivity contribution in [1.29, 1.82) is 0 Å². The number of halogens is 1. The van der Waals surface area contributed by atoms with Crippen molar-refractivity contribution in [2.24, 2.45) is 0 Å². The summed E-state index contributed by atoms with van der Waals surface area (Å²) in [6.07, 6.45) is 1.86. The van der Waals surface area contributed by atoms with Crippen LogP contribution in [0.4, 0.5) is 0 Å². The predicted octanol–water partition coefficient (Wildman–Crippen LogP) is 5.47. The van der Waals surface area contributed by atoms with Crippen molar-refractivity contribution >= 4 is 26.7 Å². The average molecular weight is 326 g/mol. The van der Waals surface area contributed by atoms with Crippen molar-refractivity contribution in [2.45, 2.75) is 17.7 Å². The summed E-state index contributed by atoms with van der Waals surface area (Å²) in [5.74, 6) is 0.321. The quantitative estimate of drug-likeness (QED) is 0.581. The molecule has 0 aliphatic carbocycles. The molecule has 1 heterocycles. The van der Waals surface area contributed by atoms with Gasteiger partial charge in [0.1, 0.15) is 0 Å². The van der Waals surface area contributed by atoms with E-state index in [0.29, 0.717) is 5.92 Å². The summed E-state index contributed by atoms with van der Waals surface area (Å²) >= 11 is 3.87. The van der Waals surface area contributed by atoms with Gasteiger partial charge in [-0.3, -0.25) is 4.98 Å². The van der Waals surface area contributed by atoms with Gasteiger partial charge in [-0.05, 0) is 28.5 Å². The van der Waals surface area contributed by atoms with E-state index < -0.39 is 0 Å². The van der Waals surface area contributed by atoms with Gasteiger partial charge in [0, 0.05) is 22.6 Å². The molecular formula is C18H16BrN. The SMILES string of the molecule is CC(c1ccccn1)C(Br)c1cccc2ccccc12. The third-order valence-electron chi connectivity index (χ3n) is 3.71. The van der Waals surface area contributed by atoms with E-state index in [1.54, 1.807) is 0 Å². The summed E-state index contributed by atoms with van der Waals surface area (Å²) in [6.45, 7) is 2.21. The Hall–Kier alpha value is -1.67. The van der Waals surface area contributed by atoms with Crippen molar-refractivity contribution in [1.82, 2.24) is 4.98 Å². The summed E-state index contributed by atoms with van der Waals surface area (Å²) < 4.78 is 0. The van der Waals surface area contributed by atoms with Crippen LogP contribution in [0.3, 0.4) is 0 Å². The molecule has 0 bridgehead atoms. The minimum atomic E-state index is 0.253. The lowest BCUT2D eigenvalue weighted by Gasteiger charge is -2.20. The summed E-state index contributed by atoms with van der Waals surface area (Å²) in [5, 5.41) is 2.59. The number of alkyl halides is 1. The molecule has 3 aromatic rings. The standard InChI is InChI=1S/C18H16BrN/c1-13(17-11-4-5-12-20-17)18(19)16-10-6-8-14-7-2-3-9-15(14)16/h2-13,18H,1H3. The van der Waals surface area contributed by atoms with Gasteiger partial charge in [0.2, 0.25) is 0 Å². The molecule has 0 saturated carbocycles. The molecule has 1 aromatic heterocycles. The van der Waals surface area contributed by atoms with Crippen molar-refractivity contribution in [3.8, 4) is 0 Å². The van der Waals surface area contributed by atoms with Crippen LogP contribution in [-0.2, 0) is 0 Å². The van der Waals surface area contributed by atoms with Crippen LogP contribution in [-0.4, -0.2) is 4.98 Å². The Labute approximate surface area is 127 Å². The number of fused-ring (bicyclic) bond motifs is 1. The molecule has 2 atom stereocenters. The summed E-state index contributed by atoms with van der Waals surface area (Å²) in [4.78, 5) is 4.73. The maximum atomic E-state index is 4.48. The number of hydrogen-bond acceptors (Lipinski definition) is 1. The Bertz CT molecular complexity index is 703. The highest BCUT2D eigenvalue weighted by molar-refractivity contribution is 9.09. The van der Waals surface area contributed by atoms with Crippen LogP contribution in [0.1, 0.15) is 28.9 Å².